The van der Waals surface area contributed by atoms with Crippen LogP contribution in [0.5, 0.6) is 11.5 Å². The summed E-state index contributed by atoms with van der Waals surface area (Å²) in [4.78, 5) is 15.0. The molecule has 0 spiro atoms. The minimum absolute atomic E-state index is 0.185. The van der Waals surface area contributed by atoms with E-state index in [2.05, 4.69) is 12.0 Å². The number of carbonyl (C=O) groups is 1. The minimum Gasteiger partial charge on any atom is -0.497 e. The molecule has 6 heteroatoms. The van der Waals surface area contributed by atoms with Gasteiger partial charge in [-0.15, -0.1) is 0 Å². The van der Waals surface area contributed by atoms with E-state index in [1.54, 1.807) is 14.2 Å². The molecule has 1 aromatic heterocycles. The molecule has 0 atom stereocenters. The molecule has 1 saturated carbocycles. The van der Waals surface area contributed by atoms with Crippen LogP contribution >= 0.6 is 0 Å². The lowest BCUT2D eigenvalue weighted by Crippen LogP contribution is -2.33. The first-order chi connectivity index (χ1) is 12.9. The molecule has 1 fully saturated rings. The number of carbonyl (C=O) groups excluding carboxylic acids is 1. The van der Waals surface area contributed by atoms with E-state index in [9.17, 15) is 4.79 Å². The van der Waals surface area contributed by atoms with Crippen molar-refractivity contribution < 1.29 is 14.3 Å². The molecule has 1 heterocycles. The fraction of sp³-hybridized carbons (Fsp3) is 0.524. The number of aryl methyl sites for hydroxylation is 2. The summed E-state index contributed by atoms with van der Waals surface area (Å²) in [5.41, 5.74) is 4.30. The smallest absolute Gasteiger partial charge is 0.223 e. The summed E-state index contributed by atoms with van der Waals surface area (Å²) in [6.45, 7) is 4.61. The standard InChI is InChI=1S/C21H29N3O3/c1-14-19(15(2)23(3)22-14)9-11-21(25)24(17-6-7-17)13-16-12-18(26-4)8-10-20(16)27-5/h8,10,12,17H,6-7,9,11,13H2,1-5H3. The van der Waals surface area contributed by atoms with Crippen molar-refractivity contribution in [3.05, 3.63) is 40.7 Å². The topological polar surface area (TPSA) is 56.6 Å². The van der Waals surface area contributed by atoms with Gasteiger partial charge in [0.1, 0.15) is 11.5 Å². The van der Waals surface area contributed by atoms with E-state index < -0.39 is 0 Å². The van der Waals surface area contributed by atoms with E-state index in [1.165, 1.54) is 5.56 Å². The van der Waals surface area contributed by atoms with Crippen molar-refractivity contribution in [2.45, 2.75) is 52.1 Å². The quantitative estimate of drug-likeness (QED) is 0.715. The number of amides is 1. The molecule has 1 aliphatic rings. The Morgan fingerprint density at radius 2 is 2.00 bits per heavy atom. The molecule has 0 unspecified atom stereocenters. The molecule has 1 amide bonds. The van der Waals surface area contributed by atoms with E-state index in [-0.39, 0.29) is 5.91 Å². The third-order valence-electron chi connectivity index (χ3n) is 5.38. The van der Waals surface area contributed by atoms with Gasteiger partial charge >= 0.3 is 0 Å². The third kappa shape index (κ3) is 4.26. The SMILES string of the molecule is COc1ccc(OC)c(CN(C(=O)CCc2c(C)nn(C)c2C)C2CC2)c1. The number of benzene rings is 1. The third-order valence-corrected chi connectivity index (χ3v) is 5.38. The molecule has 0 aliphatic heterocycles. The highest BCUT2D eigenvalue weighted by Crippen LogP contribution is 2.32. The van der Waals surface area contributed by atoms with Gasteiger partial charge in [0.2, 0.25) is 5.91 Å². The summed E-state index contributed by atoms with van der Waals surface area (Å²) in [5, 5.41) is 4.45. The average molecular weight is 371 g/mol. The summed E-state index contributed by atoms with van der Waals surface area (Å²) in [6, 6.07) is 6.06. The molecule has 0 radical (unpaired) electrons. The Kier molecular flexibility index (Phi) is 5.73. The highest BCUT2D eigenvalue weighted by atomic mass is 16.5. The summed E-state index contributed by atoms with van der Waals surface area (Å²) >= 11 is 0. The first-order valence-electron chi connectivity index (χ1n) is 9.44. The Hall–Kier alpha value is -2.50. The summed E-state index contributed by atoms with van der Waals surface area (Å²) in [5.74, 6) is 1.74. The Balaban J connectivity index is 1.73. The first-order valence-corrected chi connectivity index (χ1v) is 9.44. The zero-order chi connectivity index (χ0) is 19.6. The number of nitrogens with zero attached hydrogens (tertiary/aromatic N) is 3. The molecule has 27 heavy (non-hydrogen) atoms. The molecular formula is C21H29N3O3. The van der Waals surface area contributed by atoms with E-state index in [1.807, 2.05) is 41.8 Å². The van der Waals surface area contributed by atoms with Crippen LogP contribution in [0.1, 0.15) is 41.8 Å². The van der Waals surface area contributed by atoms with Crippen molar-refractivity contribution in [1.82, 2.24) is 14.7 Å². The maximum atomic E-state index is 13.0. The lowest BCUT2D eigenvalue weighted by molar-refractivity contribution is -0.132. The van der Waals surface area contributed by atoms with Gasteiger partial charge < -0.3 is 14.4 Å². The van der Waals surface area contributed by atoms with Crippen molar-refractivity contribution in [1.29, 1.82) is 0 Å². The minimum atomic E-state index is 0.185. The zero-order valence-electron chi connectivity index (χ0n) is 16.9. The first kappa shape index (κ1) is 19.3. The van der Waals surface area contributed by atoms with Gasteiger partial charge in [-0.05, 0) is 56.9 Å². The van der Waals surface area contributed by atoms with Crippen LogP contribution in [0.2, 0.25) is 0 Å². The Morgan fingerprint density at radius 3 is 2.56 bits per heavy atom. The van der Waals surface area contributed by atoms with Crippen LogP contribution in [0.25, 0.3) is 0 Å². The van der Waals surface area contributed by atoms with Crippen molar-refractivity contribution in [2.75, 3.05) is 14.2 Å². The van der Waals surface area contributed by atoms with Crippen LogP contribution in [-0.2, 0) is 24.8 Å². The van der Waals surface area contributed by atoms with Gasteiger partial charge in [0.05, 0.1) is 19.9 Å². The Labute approximate surface area is 161 Å². The van der Waals surface area contributed by atoms with Gasteiger partial charge in [0.25, 0.3) is 0 Å². The number of methoxy groups -OCH3 is 2. The number of hydrogen-bond acceptors (Lipinski definition) is 4. The maximum absolute atomic E-state index is 13.0. The van der Waals surface area contributed by atoms with Gasteiger partial charge in [-0.25, -0.2) is 0 Å². The van der Waals surface area contributed by atoms with Crippen LogP contribution in [-0.4, -0.2) is 40.8 Å². The molecule has 0 saturated heterocycles. The van der Waals surface area contributed by atoms with Crippen LogP contribution in [0, 0.1) is 13.8 Å². The van der Waals surface area contributed by atoms with E-state index in [0.717, 1.165) is 47.7 Å². The van der Waals surface area contributed by atoms with Crippen molar-refractivity contribution in [3.8, 4) is 11.5 Å². The fourth-order valence-electron chi connectivity index (χ4n) is 3.55. The van der Waals surface area contributed by atoms with E-state index >= 15 is 0 Å². The maximum Gasteiger partial charge on any atom is 0.223 e. The Morgan fingerprint density at radius 1 is 1.26 bits per heavy atom. The average Bonchev–Trinajstić information content (AvgIpc) is 3.46. The highest BCUT2D eigenvalue weighted by Gasteiger charge is 2.33. The van der Waals surface area contributed by atoms with Gasteiger partial charge in [-0.3, -0.25) is 9.48 Å². The predicted molar refractivity (Wildman–Crippen MR) is 104 cm³/mol. The summed E-state index contributed by atoms with van der Waals surface area (Å²) < 4.78 is 12.7. The molecular weight excluding hydrogens is 342 g/mol. The predicted octanol–water partition coefficient (Wildman–Crippen LogP) is 3.18. The molecule has 146 valence electrons. The molecule has 1 aromatic carbocycles. The fourth-order valence-corrected chi connectivity index (χ4v) is 3.55. The second kappa shape index (κ2) is 8.03. The van der Waals surface area contributed by atoms with Gasteiger partial charge in [0, 0.05) is 37.3 Å². The lowest BCUT2D eigenvalue weighted by atomic mass is 10.1. The molecule has 3 rings (SSSR count). The molecule has 1 aliphatic carbocycles. The number of hydrogen-bond donors (Lipinski definition) is 0. The normalized spacial score (nSPS) is 13.5. The largest absolute Gasteiger partial charge is 0.497 e. The van der Waals surface area contributed by atoms with Crippen LogP contribution in [0.15, 0.2) is 18.2 Å². The van der Waals surface area contributed by atoms with Crippen LogP contribution < -0.4 is 9.47 Å². The zero-order valence-corrected chi connectivity index (χ0v) is 16.9. The van der Waals surface area contributed by atoms with E-state index in [4.69, 9.17) is 9.47 Å². The van der Waals surface area contributed by atoms with Gasteiger partial charge in [-0.1, -0.05) is 0 Å². The summed E-state index contributed by atoms with van der Waals surface area (Å²) in [6.07, 6.45) is 3.37. The van der Waals surface area contributed by atoms with E-state index in [0.29, 0.717) is 19.0 Å². The molecule has 2 aromatic rings. The van der Waals surface area contributed by atoms with Crippen molar-refractivity contribution in [2.24, 2.45) is 7.05 Å². The van der Waals surface area contributed by atoms with Crippen molar-refractivity contribution >= 4 is 5.91 Å². The van der Waals surface area contributed by atoms with Gasteiger partial charge in [0.15, 0.2) is 0 Å². The molecule has 6 nitrogen and oxygen atoms in total. The second-order valence-corrected chi connectivity index (χ2v) is 7.20. The highest BCUT2D eigenvalue weighted by molar-refractivity contribution is 5.77. The monoisotopic (exact) mass is 371 g/mol. The number of aromatic nitrogens is 2. The second-order valence-electron chi connectivity index (χ2n) is 7.20. The lowest BCUT2D eigenvalue weighted by Gasteiger charge is -2.24. The van der Waals surface area contributed by atoms with Crippen LogP contribution in [0.3, 0.4) is 0 Å². The molecule has 0 N–H and O–H groups in total. The Bertz CT molecular complexity index is 824. The molecule has 0 bridgehead atoms. The van der Waals surface area contributed by atoms with Crippen LogP contribution in [0.4, 0.5) is 0 Å². The number of rotatable bonds is 8. The van der Waals surface area contributed by atoms with Crippen molar-refractivity contribution in [3.63, 3.8) is 0 Å². The van der Waals surface area contributed by atoms with Gasteiger partial charge in [-0.2, -0.15) is 5.10 Å². The number of ether oxygens (including phenoxy) is 2. The summed E-state index contributed by atoms with van der Waals surface area (Å²) in [7, 11) is 5.25.